The summed E-state index contributed by atoms with van der Waals surface area (Å²) < 4.78 is 16.6. The van der Waals surface area contributed by atoms with E-state index in [0.29, 0.717) is 19.3 Å². The van der Waals surface area contributed by atoms with Gasteiger partial charge in [0.25, 0.3) is 0 Å². The molecule has 0 N–H and O–H groups in total. The summed E-state index contributed by atoms with van der Waals surface area (Å²) in [7, 11) is 0. The maximum atomic E-state index is 12.7. The molecule has 0 saturated carbocycles. The van der Waals surface area contributed by atoms with Crippen LogP contribution in [0.25, 0.3) is 0 Å². The molecule has 0 aliphatic carbocycles. The lowest BCUT2D eigenvalue weighted by Crippen LogP contribution is -2.30. The van der Waals surface area contributed by atoms with Crippen molar-refractivity contribution in [3.63, 3.8) is 0 Å². The van der Waals surface area contributed by atoms with Gasteiger partial charge in [0.1, 0.15) is 13.2 Å². The van der Waals surface area contributed by atoms with Crippen LogP contribution in [0.4, 0.5) is 0 Å². The van der Waals surface area contributed by atoms with Crippen LogP contribution in [-0.2, 0) is 28.6 Å². The summed E-state index contributed by atoms with van der Waals surface area (Å²) in [4.78, 5) is 37.6. The van der Waals surface area contributed by atoms with Crippen molar-refractivity contribution < 1.29 is 28.6 Å². The zero-order valence-corrected chi connectivity index (χ0v) is 38.7. The fourth-order valence-corrected chi connectivity index (χ4v) is 6.20. The zero-order chi connectivity index (χ0) is 43.7. The molecule has 1 unspecified atom stereocenters. The first-order chi connectivity index (χ1) is 29.5. The van der Waals surface area contributed by atoms with E-state index < -0.39 is 6.10 Å². The summed E-state index contributed by atoms with van der Waals surface area (Å²) in [5, 5.41) is 0. The number of allylic oxidation sites excluding steroid dienone is 16. The standard InChI is InChI=1S/C54H88O6/c1-4-7-10-13-15-17-19-21-23-25-27-29-30-32-34-36-38-41-44-47-53(56)59-50-51(49-58-52(55)46-43-40-12-9-6-3)60-54(57)48-45-42-39-37-35-33-31-28-26-24-22-20-18-16-14-11-8-5-2/h7,10,15,17-18,20-21,23-24,26-27,29,32,34,38,41,51H,4-6,8-9,11-14,16,19,22,25,28,30-31,33,35-37,39-40,42-50H2,1-3H3/b10-7-,17-15-,20-18-,23-21-,26-24-,29-27-,34-32-,41-38-. The van der Waals surface area contributed by atoms with E-state index in [1.807, 2.05) is 12.2 Å². The molecule has 6 heteroatoms. The fraction of sp³-hybridized carbons (Fsp3) is 0.648. The third-order valence-corrected chi connectivity index (χ3v) is 9.84. The number of ether oxygens (including phenoxy) is 3. The average molecular weight is 833 g/mol. The van der Waals surface area contributed by atoms with Gasteiger partial charge >= 0.3 is 17.9 Å². The summed E-state index contributed by atoms with van der Waals surface area (Å²) >= 11 is 0. The van der Waals surface area contributed by atoms with Crippen LogP contribution in [0.2, 0.25) is 0 Å². The fourth-order valence-electron chi connectivity index (χ4n) is 6.20. The number of unbranched alkanes of at least 4 members (excludes halogenated alkanes) is 15. The van der Waals surface area contributed by atoms with Crippen LogP contribution in [0.1, 0.15) is 207 Å². The highest BCUT2D eigenvalue weighted by molar-refractivity contribution is 5.71. The largest absolute Gasteiger partial charge is 0.462 e. The maximum absolute atomic E-state index is 12.7. The molecule has 0 aromatic carbocycles. The van der Waals surface area contributed by atoms with Crippen molar-refractivity contribution in [3.05, 3.63) is 97.2 Å². The summed E-state index contributed by atoms with van der Waals surface area (Å²) in [5.41, 5.74) is 0. The molecule has 6 nitrogen and oxygen atoms in total. The van der Waals surface area contributed by atoms with Crippen LogP contribution in [0.3, 0.4) is 0 Å². The molecule has 0 heterocycles. The lowest BCUT2D eigenvalue weighted by molar-refractivity contribution is -0.166. The summed E-state index contributed by atoms with van der Waals surface area (Å²) in [5.74, 6) is -1.02. The number of esters is 3. The van der Waals surface area contributed by atoms with Gasteiger partial charge < -0.3 is 14.2 Å². The second kappa shape index (κ2) is 48.0. The molecule has 0 aromatic heterocycles. The molecule has 1 atom stereocenters. The van der Waals surface area contributed by atoms with Crippen molar-refractivity contribution in [1.29, 1.82) is 0 Å². The second-order valence-corrected chi connectivity index (χ2v) is 15.6. The minimum absolute atomic E-state index is 0.106. The first-order valence-electron chi connectivity index (χ1n) is 24.2. The molecule has 0 bridgehead atoms. The van der Waals surface area contributed by atoms with Gasteiger partial charge in [-0.1, -0.05) is 195 Å². The third kappa shape index (κ3) is 45.4. The van der Waals surface area contributed by atoms with Crippen LogP contribution in [0, 0.1) is 0 Å². The third-order valence-electron chi connectivity index (χ3n) is 9.84. The van der Waals surface area contributed by atoms with Crippen LogP contribution in [0.15, 0.2) is 97.2 Å². The Balaban J connectivity index is 4.35. The van der Waals surface area contributed by atoms with E-state index in [2.05, 4.69) is 106 Å². The first kappa shape index (κ1) is 56.3. The molecule has 0 rings (SSSR count). The molecular formula is C54H88O6. The number of hydrogen-bond donors (Lipinski definition) is 0. The Bertz CT molecular complexity index is 1230. The number of rotatable bonds is 42. The molecule has 0 radical (unpaired) electrons. The highest BCUT2D eigenvalue weighted by Gasteiger charge is 2.19. The Morgan fingerprint density at radius 1 is 0.350 bits per heavy atom. The Morgan fingerprint density at radius 2 is 0.683 bits per heavy atom. The van der Waals surface area contributed by atoms with Crippen molar-refractivity contribution in [2.45, 2.75) is 213 Å². The molecule has 340 valence electrons. The predicted molar refractivity (Wildman–Crippen MR) is 256 cm³/mol. The van der Waals surface area contributed by atoms with Gasteiger partial charge in [0.2, 0.25) is 0 Å². The van der Waals surface area contributed by atoms with Gasteiger partial charge in [-0.25, -0.2) is 0 Å². The minimum Gasteiger partial charge on any atom is -0.462 e. The predicted octanol–water partition coefficient (Wildman–Crippen LogP) is 15.8. The Labute approximate surface area is 368 Å². The first-order valence-corrected chi connectivity index (χ1v) is 24.2. The van der Waals surface area contributed by atoms with E-state index in [4.69, 9.17) is 14.2 Å². The van der Waals surface area contributed by atoms with Crippen LogP contribution in [0.5, 0.6) is 0 Å². The van der Waals surface area contributed by atoms with Crippen molar-refractivity contribution >= 4 is 17.9 Å². The van der Waals surface area contributed by atoms with Crippen molar-refractivity contribution in [2.75, 3.05) is 13.2 Å². The smallest absolute Gasteiger partial charge is 0.306 e. The van der Waals surface area contributed by atoms with E-state index in [0.717, 1.165) is 103 Å². The molecule has 0 fully saturated rings. The van der Waals surface area contributed by atoms with E-state index in [9.17, 15) is 14.4 Å². The van der Waals surface area contributed by atoms with Crippen molar-refractivity contribution in [2.24, 2.45) is 0 Å². The van der Waals surface area contributed by atoms with Gasteiger partial charge in [-0.15, -0.1) is 0 Å². The SMILES string of the molecule is CC/C=C\C/C=C\C/C=C\C/C=C\C/C=C\C/C=C\CCC(=O)OCC(COC(=O)CCCCCCC)OC(=O)CCCCCCCCC/C=C\C/C=C\CCCCCC. The Morgan fingerprint density at radius 3 is 1.13 bits per heavy atom. The monoisotopic (exact) mass is 833 g/mol. The quantitative estimate of drug-likeness (QED) is 0.0264. The molecule has 0 saturated heterocycles. The molecule has 0 spiro atoms. The molecule has 0 aromatic rings. The van der Waals surface area contributed by atoms with Crippen molar-refractivity contribution in [1.82, 2.24) is 0 Å². The van der Waals surface area contributed by atoms with Gasteiger partial charge in [0.05, 0.1) is 0 Å². The summed E-state index contributed by atoms with van der Waals surface area (Å²) in [6.07, 6.45) is 62.9. The molecule has 0 aliphatic heterocycles. The van der Waals surface area contributed by atoms with Crippen molar-refractivity contribution in [3.8, 4) is 0 Å². The van der Waals surface area contributed by atoms with E-state index >= 15 is 0 Å². The highest BCUT2D eigenvalue weighted by Crippen LogP contribution is 2.12. The van der Waals surface area contributed by atoms with Gasteiger partial charge in [-0.3, -0.25) is 14.4 Å². The number of hydrogen-bond acceptors (Lipinski definition) is 6. The summed E-state index contributed by atoms with van der Waals surface area (Å²) in [6.45, 7) is 6.33. The molecule has 0 aliphatic rings. The average Bonchev–Trinajstić information content (AvgIpc) is 3.24. The van der Waals surface area contributed by atoms with Gasteiger partial charge in [-0.05, 0) is 89.9 Å². The lowest BCUT2D eigenvalue weighted by atomic mass is 10.1. The maximum Gasteiger partial charge on any atom is 0.306 e. The van der Waals surface area contributed by atoms with Crippen LogP contribution >= 0.6 is 0 Å². The van der Waals surface area contributed by atoms with E-state index in [-0.39, 0.29) is 37.5 Å². The van der Waals surface area contributed by atoms with Crippen LogP contribution in [-0.4, -0.2) is 37.2 Å². The van der Waals surface area contributed by atoms with Crippen LogP contribution < -0.4 is 0 Å². The van der Waals surface area contributed by atoms with Gasteiger partial charge in [-0.2, -0.15) is 0 Å². The number of carbonyl (C=O) groups is 3. The zero-order valence-electron chi connectivity index (χ0n) is 38.7. The van der Waals surface area contributed by atoms with E-state index in [1.165, 1.54) is 57.8 Å². The Kier molecular flexibility index (Phi) is 45.1. The molecule has 0 amide bonds. The normalized spacial score (nSPS) is 12.9. The topological polar surface area (TPSA) is 78.9 Å². The lowest BCUT2D eigenvalue weighted by Gasteiger charge is -2.18. The number of carbonyl (C=O) groups excluding carboxylic acids is 3. The minimum atomic E-state index is -0.808. The second-order valence-electron chi connectivity index (χ2n) is 15.6. The highest BCUT2D eigenvalue weighted by atomic mass is 16.6. The Hall–Kier alpha value is -3.67. The summed E-state index contributed by atoms with van der Waals surface area (Å²) in [6, 6.07) is 0. The van der Waals surface area contributed by atoms with E-state index in [1.54, 1.807) is 0 Å². The van der Waals surface area contributed by atoms with Gasteiger partial charge in [0, 0.05) is 19.3 Å². The molecule has 60 heavy (non-hydrogen) atoms. The van der Waals surface area contributed by atoms with Gasteiger partial charge in [0.15, 0.2) is 6.10 Å². The molecular weight excluding hydrogens is 745 g/mol.